The average Bonchev–Trinajstić information content (AvgIpc) is 3.01. The second kappa shape index (κ2) is 9.80. The highest BCUT2D eigenvalue weighted by Gasteiger charge is 2.48. The van der Waals surface area contributed by atoms with E-state index >= 15 is 4.39 Å². The molecule has 1 heterocycles. The van der Waals surface area contributed by atoms with Gasteiger partial charge in [-0.1, -0.05) is 23.7 Å². The molecule has 1 unspecified atom stereocenters. The Balaban J connectivity index is 1.38. The van der Waals surface area contributed by atoms with Gasteiger partial charge in [-0.05, 0) is 87.5 Å². The van der Waals surface area contributed by atoms with Crippen molar-refractivity contribution in [3.63, 3.8) is 0 Å². The fourth-order valence-corrected chi connectivity index (χ4v) is 5.06. The number of Topliss-reactive ketones (excluding diaryl/α,β-unsaturated/α-hetero) is 1. The number of carbonyl (C=O) groups excluding carboxylic acids is 1. The number of piperidine rings is 1. The predicted octanol–water partition coefficient (Wildman–Crippen LogP) is 5.89. The first kappa shape index (κ1) is 23.1. The number of carbonyl (C=O) groups is 1. The van der Waals surface area contributed by atoms with Crippen LogP contribution in [0.1, 0.15) is 54.6 Å². The van der Waals surface area contributed by atoms with E-state index in [1.165, 1.54) is 5.56 Å². The molecule has 6 heteroatoms. The molecular weight excluding hydrogens is 429 g/mol. The fourth-order valence-electron chi connectivity index (χ4n) is 4.94. The van der Waals surface area contributed by atoms with Crippen LogP contribution >= 0.6 is 11.6 Å². The first-order valence-electron chi connectivity index (χ1n) is 11.5. The Kier molecular flexibility index (Phi) is 7.06. The zero-order chi connectivity index (χ0) is 22.7. The number of alkyl halides is 1. The number of rotatable bonds is 8. The number of nitrogens with zero attached hydrogens (tertiary/aromatic N) is 1. The summed E-state index contributed by atoms with van der Waals surface area (Å²) in [6.45, 7) is 7.41. The van der Waals surface area contributed by atoms with Gasteiger partial charge in [-0.15, -0.1) is 0 Å². The molecule has 0 radical (unpaired) electrons. The molecule has 1 atom stereocenters. The number of hydrogen-bond acceptors (Lipinski definition) is 4. The summed E-state index contributed by atoms with van der Waals surface area (Å²) < 4.78 is 27.2. The summed E-state index contributed by atoms with van der Waals surface area (Å²) >= 11 is 5.97. The van der Waals surface area contributed by atoms with Gasteiger partial charge in [0.25, 0.3) is 0 Å². The van der Waals surface area contributed by atoms with Crippen molar-refractivity contribution in [2.75, 3.05) is 26.3 Å². The second-order valence-electron chi connectivity index (χ2n) is 8.84. The number of ketones is 1. The van der Waals surface area contributed by atoms with Gasteiger partial charge in [0.1, 0.15) is 0 Å². The molecule has 32 heavy (non-hydrogen) atoms. The van der Waals surface area contributed by atoms with Gasteiger partial charge in [-0.2, -0.15) is 0 Å². The Morgan fingerprint density at radius 1 is 1.06 bits per heavy atom. The van der Waals surface area contributed by atoms with E-state index in [0.29, 0.717) is 30.3 Å². The lowest BCUT2D eigenvalue weighted by atomic mass is 9.83. The molecular formula is C26H31ClFNO3. The van der Waals surface area contributed by atoms with Gasteiger partial charge in [-0.25, -0.2) is 4.39 Å². The van der Waals surface area contributed by atoms with Gasteiger partial charge < -0.3 is 9.47 Å². The number of hydrogen-bond donors (Lipinski definition) is 0. The molecule has 0 spiro atoms. The largest absolute Gasteiger partial charge is 0.490 e. The SMILES string of the molecule is CCOc1cc2c(cc1OCC)C(=O)C(F)(CC1CCN(Cc3ccc(Cl)cc3)CC1)C2. The third-order valence-corrected chi connectivity index (χ3v) is 6.78. The van der Waals surface area contributed by atoms with E-state index in [1.807, 2.05) is 38.1 Å². The first-order chi connectivity index (χ1) is 15.4. The number of halogens is 2. The molecule has 1 fully saturated rings. The third-order valence-electron chi connectivity index (χ3n) is 6.53. The molecule has 172 valence electrons. The molecule has 2 aliphatic rings. The maximum Gasteiger partial charge on any atom is 0.200 e. The van der Waals surface area contributed by atoms with Gasteiger partial charge in [-0.3, -0.25) is 9.69 Å². The number of fused-ring (bicyclic) bond motifs is 1. The summed E-state index contributed by atoms with van der Waals surface area (Å²) in [5, 5.41) is 0.740. The van der Waals surface area contributed by atoms with Crippen LogP contribution in [0.25, 0.3) is 0 Å². The lowest BCUT2D eigenvalue weighted by Crippen LogP contribution is -2.38. The van der Waals surface area contributed by atoms with Crippen LogP contribution in [0.5, 0.6) is 11.5 Å². The molecule has 0 N–H and O–H groups in total. The van der Waals surface area contributed by atoms with Crippen molar-refractivity contribution in [1.29, 1.82) is 0 Å². The molecule has 0 saturated carbocycles. The van der Waals surface area contributed by atoms with Crippen LogP contribution in [0, 0.1) is 5.92 Å². The quantitative estimate of drug-likeness (QED) is 0.493. The Morgan fingerprint density at radius 3 is 2.31 bits per heavy atom. The zero-order valence-corrected chi connectivity index (χ0v) is 19.6. The van der Waals surface area contributed by atoms with E-state index in [4.69, 9.17) is 21.1 Å². The maximum absolute atomic E-state index is 15.9. The minimum absolute atomic E-state index is 0.124. The second-order valence-corrected chi connectivity index (χ2v) is 9.28. The molecule has 4 rings (SSSR count). The van der Waals surface area contributed by atoms with Crippen molar-refractivity contribution in [2.45, 2.75) is 51.7 Å². The monoisotopic (exact) mass is 459 g/mol. The maximum atomic E-state index is 15.9. The minimum atomic E-state index is -1.83. The number of likely N-dealkylation sites (tertiary alicyclic amines) is 1. The molecule has 1 saturated heterocycles. The van der Waals surface area contributed by atoms with Crippen molar-refractivity contribution in [2.24, 2.45) is 5.92 Å². The van der Waals surface area contributed by atoms with Crippen LogP contribution in [-0.2, 0) is 13.0 Å². The summed E-state index contributed by atoms with van der Waals surface area (Å²) in [5.74, 6) is 0.902. The zero-order valence-electron chi connectivity index (χ0n) is 18.8. The van der Waals surface area contributed by atoms with Crippen LogP contribution < -0.4 is 9.47 Å². The fraction of sp³-hybridized carbons (Fsp3) is 0.500. The highest BCUT2D eigenvalue weighted by Crippen LogP contribution is 2.43. The van der Waals surface area contributed by atoms with Gasteiger partial charge in [0, 0.05) is 23.6 Å². The molecule has 2 aromatic rings. The summed E-state index contributed by atoms with van der Waals surface area (Å²) in [6.07, 6.45) is 2.20. The van der Waals surface area contributed by atoms with Crippen molar-refractivity contribution in [1.82, 2.24) is 4.90 Å². The highest BCUT2D eigenvalue weighted by molar-refractivity contribution is 6.30. The molecule has 0 bridgehead atoms. The van der Waals surface area contributed by atoms with Crippen LogP contribution in [0.15, 0.2) is 36.4 Å². The molecule has 1 aliphatic carbocycles. The van der Waals surface area contributed by atoms with Gasteiger partial charge in [0.15, 0.2) is 17.2 Å². The lowest BCUT2D eigenvalue weighted by Gasteiger charge is -2.34. The molecule has 2 aromatic carbocycles. The lowest BCUT2D eigenvalue weighted by molar-refractivity contribution is 0.0587. The van der Waals surface area contributed by atoms with Crippen molar-refractivity contribution >= 4 is 17.4 Å². The Hall–Kier alpha value is -2.11. The predicted molar refractivity (Wildman–Crippen MR) is 125 cm³/mol. The summed E-state index contributed by atoms with van der Waals surface area (Å²) in [6, 6.07) is 11.4. The van der Waals surface area contributed by atoms with E-state index in [2.05, 4.69) is 4.90 Å². The number of ether oxygens (including phenoxy) is 2. The first-order valence-corrected chi connectivity index (χ1v) is 11.9. The minimum Gasteiger partial charge on any atom is -0.490 e. The van der Waals surface area contributed by atoms with Crippen LogP contribution in [-0.4, -0.2) is 42.7 Å². The molecule has 0 aromatic heterocycles. The van der Waals surface area contributed by atoms with Crippen molar-refractivity contribution in [3.8, 4) is 11.5 Å². The Labute approximate surface area is 194 Å². The molecule has 1 aliphatic heterocycles. The molecule has 0 amide bonds. The summed E-state index contributed by atoms with van der Waals surface area (Å²) in [4.78, 5) is 15.4. The van der Waals surface area contributed by atoms with E-state index in [9.17, 15) is 4.79 Å². The van der Waals surface area contributed by atoms with Crippen molar-refractivity contribution in [3.05, 3.63) is 58.1 Å². The van der Waals surface area contributed by atoms with E-state index in [1.54, 1.807) is 12.1 Å². The van der Waals surface area contributed by atoms with E-state index in [-0.39, 0.29) is 18.8 Å². The number of benzene rings is 2. The van der Waals surface area contributed by atoms with E-state index in [0.717, 1.165) is 43.1 Å². The average molecular weight is 460 g/mol. The topological polar surface area (TPSA) is 38.8 Å². The van der Waals surface area contributed by atoms with Crippen LogP contribution in [0.3, 0.4) is 0 Å². The third kappa shape index (κ3) is 4.94. The van der Waals surface area contributed by atoms with Gasteiger partial charge >= 0.3 is 0 Å². The summed E-state index contributed by atoms with van der Waals surface area (Å²) in [5.41, 5.74) is 0.565. The highest BCUT2D eigenvalue weighted by atomic mass is 35.5. The Bertz CT molecular complexity index is 956. The normalized spacial score (nSPS) is 21.6. The molecule has 4 nitrogen and oxygen atoms in total. The summed E-state index contributed by atoms with van der Waals surface area (Å²) in [7, 11) is 0. The van der Waals surface area contributed by atoms with Crippen LogP contribution in [0.4, 0.5) is 4.39 Å². The Morgan fingerprint density at radius 2 is 1.69 bits per heavy atom. The van der Waals surface area contributed by atoms with Crippen LogP contribution in [0.2, 0.25) is 5.02 Å². The standard InChI is InChI=1S/C26H31ClFNO3/c1-3-31-23-13-20-16-26(28,25(30)22(20)14-24(23)32-4-2)15-18-9-11-29(12-10-18)17-19-5-7-21(27)8-6-19/h5-8,13-14,18H,3-4,9-12,15-17H2,1-2H3. The van der Waals surface area contributed by atoms with Gasteiger partial charge in [0.2, 0.25) is 5.78 Å². The van der Waals surface area contributed by atoms with Crippen molar-refractivity contribution < 1.29 is 18.7 Å². The van der Waals surface area contributed by atoms with Gasteiger partial charge in [0.05, 0.1) is 13.2 Å². The smallest absolute Gasteiger partial charge is 0.200 e. The van der Waals surface area contributed by atoms with E-state index < -0.39 is 11.5 Å².